The van der Waals surface area contributed by atoms with Crippen LogP contribution in [0.1, 0.15) is 53.4 Å². The number of carbonyl (C=O) groups excluding carboxylic acids is 1. The SMILES string of the molecule is CC(C)n1cc(CN(C)C(=O)c2ccc3c(c2)CCC3)cn1. The fourth-order valence-corrected chi connectivity index (χ4v) is 3.01. The van der Waals surface area contributed by atoms with Gasteiger partial charge in [-0.2, -0.15) is 5.10 Å². The number of nitrogens with zero attached hydrogens (tertiary/aromatic N) is 3. The van der Waals surface area contributed by atoms with E-state index in [2.05, 4.69) is 31.1 Å². The molecule has 0 N–H and O–H groups in total. The molecule has 1 aliphatic rings. The first-order valence-corrected chi connectivity index (χ1v) is 7.95. The third kappa shape index (κ3) is 2.91. The molecule has 22 heavy (non-hydrogen) atoms. The van der Waals surface area contributed by atoms with Crippen molar-refractivity contribution in [1.82, 2.24) is 14.7 Å². The van der Waals surface area contributed by atoms with Crippen LogP contribution in [0.15, 0.2) is 30.6 Å². The highest BCUT2D eigenvalue weighted by Crippen LogP contribution is 2.23. The van der Waals surface area contributed by atoms with Gasteiger partial charge in [0.25, 0.3) is 5.91 Å². The molecule has 0 aliphatic heterocycles. The van der Waals surface area contributed by atoms with E-state index >= 15 is 0 Å². The average molecular weight is 297 g/mol. The molecule has 3 rings (SSSR count). The van der Waals surface area contributed by atoms with Crippen LogP contribution in [0.25, 0.3) is 0 Å². The van der Waals surface area contributed by atoms with Crippen LogP contribution in [0.2, 0.25) is 0 Å². The molecule has 1 aromatic heterocycles. The predicted molar refractivity (Wildman–Crippen MR) is 86.9 cm³/mol. The Balaban J connectivity index is 1.71. The van der Waals surface area contributed by atoms with Crippen molar-refractivity contribution in [3.63, 3.8) is 0 Å². The second-order valence-corrected chi connectivity index (χ2v) is 6.42. The Kier molecular flexibility index (Phi) is 4.01. The van der Waals surface area contributed by atoms with E-state index in [0.717, 1.165) is 24.0 Å². The zero-order valence-corrected chi connectivity index (χ0v) is 13.5. The average Bonchev–Trinajstić information content (AvgIpc) is 3.14. The molecule has 116 valence electrons. The van der Waals surface area contributed by atoms with Gasteiger partial charge in [0.2, 0.25) is 0 Å². The fraction of sp³-hybridized carbons (Fsp3) is 0.444. The van der Waals surface area contributed by atoms with Crippen molar-refractivity contribution in [2.45, 2.75) is 45.7 Å². The molecule has 0 fully saturated rings. The number of aromatic nitrogens is 2. The summed E-state index contributed by atoms with van der Waals surface area (Å²) >= 11 is 0. The number of fused-ring (bicyclic) bond motifs is 1. The zero-order chi connectivity index (χ0) is 15.7. The van der Waals surface area contributed by atoms with Gasteiger partial charge in [0.15, 0.2) is 0 Å². The molecule has 1 aliphatic carbocycles. The molecule has 2 aromatic rings. The van der Waals surface area contributed by atoms with Crippen molar-refractivity contribution in [3.05, 3.63) is 52.8 Å². The molecule has 0 atom stereocenters. The van der Waals surface area contributed by atoms with Gasteiger partial charge in [-0.15, -0.1) is 0 Å². The van der Waals surface area contributed by atoms with Gasteiger partial charge in [-0.1, -0.05) is 6.07 Å². The summed E-state index contributed by atoms with van der Waals surface area (Å²) in [5.41, 5.74) is 4.59. The summed E-state index contributed by atoms with van der Waals surface area (Å²) in [6.07, 6.45) is 7.30. The lowest BCUT2D eigenvalue weighted by molar-refractivity contribution is 0.0785. The van der Waals surface area contributed by atoms with Crippen LogP contribution in [0, 0.1) is 0 Å². The molecule has 1 aromatic carbocycles. The number of amides is 1. The number of carbonyl (C=O) groups is 1. The van der Waals surface area contributed by atoms with E-state index in [0.29, 0.717) is 12.6 Å². The maximum absolute atomic E-state index is 12.6. The van der Waals surface area contributed by atoms with Gasteiger partial charge in [-0.3, -0.25) is 9.48 Å². The number of hydrogen-bond donors (Lipinski definition) is 0. The molecule has 0 bridgehead atoms. The predicted octanol–water partition coefficient (Wildman–Crippen LogP) is 3.22. The van der Waals surface area contributed by atoms with Crippen LogP contribution in [0.4, 0.5) is 0 Å². The molecule has 4 heteroatoms. The van der Waals surface area contributed by atoms with Gasteiger partial charge in [-0.05, 0) is 56.4 Å². The van der Waals surface area contributed by atoms with Crippen LogP contribution in [-0.2, 0) is 19.4 Å². The number of hydrogen-bond acceptors (Lipinski definition) is 2. The van der Waals surface area contributed by atoms with Crippen molar-refractivity contribution in [1.29, 1.82) is 0 Å². The second-order valence-electron chi connectivity index (χ2n) is 6.42. The molecule has 4 nitrogen and oxygen atoms in total. The van der Waals surface area contributed by atoms with Crippen LogP contribution in [0.3, 0.4) is 0 Å². The maximum Gasteiger partial charge on any atom is 0.253 e. The minimum atomic E-state index is 0.0759. The summed E-state index contributed by atoms with van der Waals surface area (Å²) in [6, 6.07) is 6.48. The Morgan fingerprint density at radius 1 is 1.32 bits per heavy atom. The highest BCUT2D eigenvalue weighted by Gasteiger charge is 2.17. The quantitative estimate of drug-likeness (QED) is 0.869. The van der Waals surface area contributed by atoms with E-state index in [-0.39, 0.29) is 5.91 Å². The lowest BCUT2D eigenvalue weighted by atomic mass is 10.1. The Morgan fingerprint density at radius 3 is 2.82 bits per heavy atom. The standard InChI is InChI=1S/C18H23N3O/c1-13(2)21-12-14(10-19-21)11-20(3)18(22)17-8-7-15-5-4-6-16(15)9-17/h7-10,12-13H,4-6,11H2,1-3H3. The maximum atomic E-state index is 12.6. The van der Waals surface area contributed by atoms with Gasteiger partial charge in [0.1, 0.15) is 0 Å². The van der Waals surface area contributed by atoms with Crippen LogP contribution < -0.4 is 0 Å². The third-order valence-electron chi connectivity index (χ3n) is 4.30. The topological polar surface area (TPSA) is 38.1 Å². The van der Waals surface area contributed by atoms with Gasteiger partial charge in [-0.25, -0.2) is 0 Å². The van der Waals surface area contributed by atoms with E-state index < -0.39 is 0 Å². The Bertz CT molecular complexity index is 687. The molecular formula is C18H23N3O. The molecule has 0 saturated heterocycles. The fourth-order valence-electron chi connectivity index (χ4n) is 3.01. The molecule has 0 unspecified atom stereocenters. The summed E-state index contributed by atoms with van der Waals surface area (Å²) in [5.74, 6) is 0.0759. The van der Waals surface area contributed by atoms with Gasteiger partial charge >= 0.3 is 0 Å². The molecule has 0 spiro atoms. The minimum Gasteiger partial charge on any atom is -0.337 e. The summed E-state index contributed by atoms with van der Waals surface area (Å²) in [5, 5.41) is 4.33. The normalized spacial score (nSPS) is 13.5. The summed E-state index contributed by atoms with van der Waals surface area (Å²) in [6.45, 7) is 4.77. The van der Waals surface area contributed by atoms with E-state index in [4.69, 9.17) is 0 Å². The van der Waals surface area contributed by atoms with Crippen molar-refractivity contribution in [2.75, 3.05) is 7.05 Å². The molecular weight excluding hydrogens is 274 g/mol. The highest BCUT2D eigenvalue weighted by molar-refractivity contribution is 5.94. The van der Waals surface area contributed by atoms with Crippen LogP contribution >= 0.6 is 0 Å². The first-order valence-electron chi connectivity index (χ1n) is 7.95. The third-order valence-corrected chi connectivity index (χ3v) is 4.30. The first-order chi connectivity index (χ1) is 10.5. The number of benzene rings is 1. The summed E-state index contributed by atoms with van der Waals surface area (Å²) in [4.78, 5) is 14.4. The smallest absolute Gasteiger partial charge is 0.253 e. The summed E-state index contributed by atoms with van der Waals surface area (Å²) < 4.78 is 1.92. The van der Waals surface area contributed by atoms with Gasteiger partial charge in [0.05, 0.1) is 6.20 Å². The van der Waals surface area contributed by atoms with E-state index in [9.17, 15) is 4.79 Å². The highest BCUT2D eigenvalue weighted by atomic mass is 16.2. The monoisotopic (exact) mass is 297 g/mol. The largest absolute Gasteiger partial charge is 0.337 e. The van der Waals surface area contributed by atoms with E-state index in [1.807, 2.05) is 30.2 Å². The van der Waals surface area contributed by atoms with Crippen molar-refractivity contribution >= 4 is 5.91 Å². The Labute approximate surface area is 131 Å². The zero-order valence-electron chi connectivity index (χ0n) is 13.5. The van der Waals surface area contributed by atoms with E-state index in [1.165, 1.54) is 17.5 Å². The minimum absolute atomic E-state index is 0.0759. The van der Waals surface area contributed by atoms with Crippen molar-refractivity contribution in [2.24, 2.45) is 0 Å². The molecule has 0 saturated carbocycles. The van der Waals surface area contributed by atoms with Gasteiger partial charge in [0, 0.05) is 37.0 Å². The van der Waals surface area contributed by atoms with Crippen molar-refractivity contribution < 1.29 is 4.79 Å². The van der Waals surface area contributed by atoms with Crippen molar-refractivity contribution in [3.8, 4) is 0 Å². The van der Waals surface area contributed by atoms with Gasteiger partial charge < -0.3 is 4.90 Å². The van der Waals surface area contributed by atoms with E-state index in [1.54, 1.807) is 4.90 Å². The van der Waals surface area contributed by atoms with Crippen LogP contribution in [-0.4, -0.2) is 27.6 Å². The molecule has 0 radical (unpaired) electrons. The summed E-state index contributed by atoms with van der Waals surface area (Å²) in [7, 11) is 1.85. The molecule has 1 heterocycles. The van der Waals surface area contributed by atoms with Crippen LogP contribution in [0.5, 0.6) is 0 Å². The lowest BCUT2D eigenvalue weighted by Crippen LogP contribution is -2.26. The number of aryl methyl sites for hydroxylation is 2. The first kappa shape index (κ1) is 14.8. The second kappa shape index (κ2) is 5.95. The molecule has 1 amide bonds. The lowest BCUT2D eigenvalue weighted by Gasteiger charge is -2.17. The Morgan fingerprint density at radius 2 is 2.09 bits per heavy atom. The Hall–Kier alpha value is -2.10. The number of rotatable bonds is 4.